The Balaban J connectivity index is 3.85. The van der Waals surface area contributed by atoms with E-state index in [1.165, 1.54) is 11.9 Å². The first-order valence-corrected chi connectivity index (χ1v) is 5.28. The SMILES string of the molecule is CCCCCC(=O)NC(=N)N(C)CC(=O)O. The second-order valence-electron chi connectivity index (χ2n) is 3.60. The zero-order valence-corrected chi connectivity index (χ0v) is 9.75. The second-order valence-corrected chi connectivity index (χ2v) is 3.60. The molecule has 0 aromatic rings. The molecule has 0 bridgehead atoms. The number of amides is 1. The number of carboxylic acid groups (broad SMARTS) is 1. The lowest BCUT2D eigenvalue weighted by Gasteiger charge is -2.17. The molecule has 0 rings (SSSR count). The molecule has 0 fully saturated rings. The van der Waals surface area contributed by atoms with E-state index in [-0.39, 0.29) is 18.4 Å². The van der Waals surface area contributed by atoms with Gasteiger partial charge in [0.2, 0.25) is 5.91 Å². The molecule has 0 unspecified atom stereocenters. The van der Waals surface area contributed by atoms with Crippen molar-refractivity contribution >= 4 is 17.8 Å². The van der Waals surface area contributed by atoms with Gasteiger partial charge in [0.05, 0.1) is 0 Å². The van der Waals surface area contributed by atoms with Gasteiger partial charge in [0.1, 0.15) is 6.54 Å². The van der Waals surface area contributed by atoms with Gasteiger partial charge in [0.15, 0.2) is 5.96 Å². The van der Waals surface area contributed by atoms with Crippen molar-refractivity contribution in [3.8, 4) is 0 Å². The molecule has 3 N–H and O–H groups in total. The summed E-state index contributed by atoms with van der Waals surface area (Å²) in [5.41, 5.74) is 0. The molecule has 6 heteroatoms. The fraction of sp³-hybridized carbons (Fsp3) is 0.700. The summed E-state index contributed by atoms with van der Waals surface area (Å²) >= 11 is 0. The van der Waals surface area contributed by atoms with Crippen LogP contribution in [0.2, 0.25) is 0 Å². The first kappa shape index (κ1) is 14.4. The molecular weight excluding hydrogens is 210 g/mol. The Hall–Kier alpha value is -1.59. The van der Waals surface area contributed by atoms with Crippen molar-refractivity contribution < 1.29 is 14.7 Å². The molecule has 0 saturated heterocycles. The van der Waals surface area contributed by atoms with Crippen LogP contribution in [0.5, 0.6) is 0 Å². The number of hydrogen-bond acceptors (Lipinski definition) is 3. The number of carboxylic acids is 1. The molecule has 0 atom stereocenters. The van der Waals surface area contributed by atoms with Crippen molar-refractivity contribution in [3.05, 3.63) is 0 Å². The Morgan fingerprint density at radius 1 is 1.38 bits per heavy atom. The molecule has 16 heavy (non-hydrogen) atoms. The molecule has 92 valence electrons. The predicted octanol–water partition coefficient (Wildman–Crippen LogP) is 0.634. The minimum Gasteiger partial charge on any atom is -0.480 e. The number of guanidine groups is 1. The van der Waals surface area contributed by atoms with Crippen molar-refractivity contribution in [2.45, 2.75) is 32.6 Å². The highest BCUT2D eigenvalue weighted by atomic mass is 16.4. The Bertz CT molecular complexity index is 266. The molecular formula is C10H19N3O3. The van der Waals surface area contributed by atoms with E-state index in [0.717, 1.165) is 19.3 Å². The van der Waals surface area contributed by atoms with Gasteiger partial charge in [-0.15, -0.1) is 0 Å². The summed E-state index contributed by atoms with van der Waals surface area (Å²) in [5.74, 6) is -1.45. The molecule has 6 nitrogen and oxygen atoms in total. The summed E-state index contributed by atoms with van der Waals surface area (Å²) in [6.45, 7) is 1.74. The van der Waals surface area contributed by atoms with Gasteiger partial charge >= 0.3 is 5.97 Å². The lowest BCUT2D eigenvalue weighted by Crippen LogP contribution is -2.43. The second kappa shape index (κ2) is 7.67. The number of unbranched alkanes of at least 4 members (excludes halogenated alkanes) is 2. The van der Waals surface area contributed by atoms with E-state index in [4.69, 9.17) is 10.5 Å². The van der Waals surface area contributed by atoms with Gasteiger partial charge in [-0.2, -0.15) is 0 Å². The monoisotopic (exact) mass is 229 g/mol. The van der Waals surface area contributed by atoms with E-state index in [9.17, 15) is 9.59 Å². The standard InChI is InChI=1S/C10H19N3O3/c1-3-4-5-6-8(14)12-10(11)13(2)7-9(15)16/h3-7H2,1-2H3,(H,15,16)(H2,11,12,14). The summed E-state index contributed by atoms with van der Waals surface area (Å²) in [5, 5.41) is 18.3. The third kappa shape index (κ3) is 6.80. The lowest BCUT2D eigenvalue weighted by molar-refractivity contribution is -0.137. The molecule has 0 heterocycles. The van der Waals surface area contributed by atoms with Gasteiger partial charge in [0, 0.05) is 13.5 Å². The van der Waals surface area contributed by atoms with E-state index >= 15 is 0 Å². The summed E-state index contributed by atoms with van der Waals surface area (Å²) in [6, 6.07) is 0. The number of rotatable bonds is 6. The smallest absolute Gasteiger partial charge is 0.323 e. The minimum atomic E-state index is -1.03. The van der Waals surface area contributed by atoms with Crippen molar-refractivity contribution in [2.75, 3.05) is 13.6 Å². The molecule has 1 amide bonds. The summed E-state index contributed by atoms with van der Waals surface area (Å²) < 4.78 is 0. The van der Waals surface area contributed by atoms with Gasteiger partial charge in [0.25, 0.3) is 0 Å². The van der Waals surface area contributed by atoms with Crippen LogP contribution in [0.25, 0.3) is 0 Å². The highest BCUT2D eigenvalue weighted by Gasteiger charge is 2.11. The third-order valence-corrected chi connectivity index (χ3v) is 2.02. The van der Waals surface area contributed by atoms with Crippen molar-refractivity contribution in [3.63, 3.8) is 0 Å². The number of likely N-dealkylation sites (N-methyl/N-ethyl adjacent to an activating group) is 1. The van der Waals surface area contributed by atoms with Crippen LogP contribution in [0.4, 0.5) is 0 Å². The van der Waals surface area contributed by atoms with Gasteiger partial charge < -0.3 is 10.0 Å². The minimum absolute atomic E-state index is 0.177. The first-order chi connectivity index (χ1) is 7.47. The van der Waals surface area contributed by atoms with E-state index < -0.39 is 5.97 Å². The number of hydrogen-bond donors (Lipinski definition) is 3. The van der Waals surface area contributed by atoms with Crippen LogP contribution in [0.3, 0.4) is 0 Å². The van der Waals surface area contributed by atoms with Gasteiger partial charge in [-0.3, -0.25) is 20.3 Å². The summed E-state index contributed by atoms with van der Waals surface area (Å²) in [4.78, 5) is 22.8. The average Bonchev–Trinajstić information content (AvgIpc) is 2.16. The number of carbonyl (C=O) groups excluding carboxylic acids is 1. The Kier molecular flexibility index (Phi) is 6.91. The number of carbonyl (C=O) groups is 2. The Morgan fingerprint density at radius 2 is 2.00 bits per heavy atom. The molecule has 0 aliphatic carbocycles. The molecule has 0 aliphatic heterocycles. The van der Waals surface area contributed by atoms with Crippen LogP contribution in [-0.2, 0) is 9.59 Å². The Labute approximate surface area is 95.1 Å². The van der Waals surface area contributed by atoms with Crippen LogP contribution in [0.15, 0.2) is 0 Å². The van der Waals surface area contributed by atoms with Crippen LogP contribution < -0.4 is 5.32 Å². The first-order valence-electron chi connectivity index (χ1n) is 5.28. The lowest BCUT2D eigenvalue weighted by atomic mass is 10.2. The molecule has 0 radical (unpaired) electrons. The highest BCUT2D eigenvalue weighted by molar-refractivity contribution is 5.96. The van der Waals surface area contributed by atoms with Crippen LogP contribution in [0.1, 0.15) is 32.6 Å². The van der Waals surface area contributed by atoms with Crippen LogP contribution in [-0.4, -0.2) is 41.4 Å². The molecule has 0 aliphatic rings. The van der Waals surface area contributed by atoms with Crippen LogP contribution >= 0.6 is 0 Å². The molecule has 0 aromatic heterocycles. The maximum atomic E-state index is 11.3. The predicted molar refractivity (Wildman–Crippen MR) is 60.3 cm³/mol. The number of nitrogens with zero attached hydrogens (tertiary/aromatic N) is 1. The van der Waals surface area contributed by atoms with Gasteiger partial charge in [-0.1, -0.05) is 19.8 Å². The summed E-state index contributed by atoms with van der Waals surface area (Å²) in [6.07, 6.45) is 3.17. The third-order valence-electron chi connectivity index (χ3n) is 2.02. The van der Waals surface area contributed by atoms with E-state index in [1.807, 2.05) is 6.92 Å². The van der Waals surface area contributed by atoms with Crippen molar-refractivity contribution in [1.29, 1.82) is 5.41 Å². The van der Waals surface area contributed by atoms with E-state index in [1.54, 1.807) is 0 Å². The van der Waals surface area contributed by atoms with Gasteiger partial charge in [-0.05, 0) is 6.42 Å². The van der Waals surface area contributed by atoms with Crippen molar-refractivity contribution in [1.82, 2.24) is 10.2 Å². The highest BCUT2D eigenvalue weighted by Crippen LogP contribution is 1.98. The topological polar surface area (TPSA) is 93.5 Å². The molecule has 0 aromatic carbocycles. The summed E-state index contributed by atoms with van der Waals surface area (Å²) in [7, 11) is 1.45. The number of nitrogens with one attached hydrogen (secondary N) is 2. The molecule has 0 saturated carbocycles. The van der Waals surface area contributed by atoms with E-state index in [2.05, 4.69) is 5.32 Å². The number of aliphatic carboxylic acids is 1. The van der Waals surface area contributed by atoms with Crippen LogP contribution in [0, 0.1) is 5.41 Å². The zero-order valence-electron chi connectivity index (χ0n) is 9.75. The fourth-order valence-electron chi connectivity index (χ4n) is 1.11. The van der Waals surface area contributed by atoms with E-state index in [0.29, 0.717) is 6.42 Å². The maximum absolute atomic E-state index is 11.3. The normalized spacial score (nSPS) is 9.62. The van der Waals surface area contributed by atoms with Gasteiger partial charge in [-0.25, -0.2) is 0 Å². The molecule has 0 spiro atoms. The fourth-order valence-corrected chi connectivity index (χ4v) is 1.11. The Morgan fingerprint density at radius 3 is 2.50 bits per heavy atom. The quantitative estimate of drug-likeness (QED) is 0.354. The zero-order chi connectivity index (χ0) is 12.6. The average molecular weight is 229 g/mol. The van der Waals surface area contributed by atoms with Crippen molar-refractivity contribution in [2.24, 2.45) is 0 Å². The largest absolute Gasteiger partial charge is 0.480 e. The maximum Gasteiger partial charge on any atom is 0.323 e.